The molecule has 10 bridgehead atoms. The van der Waals surface area contributed by atoms with Gasteiger partial charge in [0.2, 0.25) is 17.7 Å². The first-order chi connectivity index (χ1) is 31.7. The fourth-order valence-corrected chi connectivity index (χ4v) is 10.1. The third-order valence-corrected chi connectivity index (χ3v) is 13.2. The molecule has 0 radical (unpaired) electrons. The van der Waals surface area contributed by atoms with Crippen LogP contribution >= 0.6 is 0 Å². The smallest absolute Gasteiger partial charge is 0.252 e. The summed E-state index contributed by atoms with van der Waals surface area (Å²) < 4.78 is 20.6. The summed E-state index contributed by atoms with van der Waals surface area (Å²) in [6.07, 6.45) is 1.16. The third kappa shape index (κ3) is 5.86. The fraction of sp³-hybridized carbons (Fsp3) is 0.196. The van der Waals surface area contributed by atoms with E-state index in [0.717, 1.165) is 44.4 Å². The Bertz CT molecular complexity index is 3230. The van der Waals surface area contributed by atoms with Crippen molar-refractivity contribution in [3.63, 3.8) is 0 Å². The van der Waals surface area contributed by atoms with Gasteiger partial charge in [0.1, 0.15) is 23.2 Å². The first-order valence-corrected chi connectivity index (χ1v) is 21.7. The van der Waals surface area contributed by atoms with E-state index in [1.165, 1.54) is 0 Å². The largest absolute Gasteiger partial charge is 0.469 e. The number of carbonyl (C=O) groups is 3. The summed E-state index contributed by atoms with van der Waals surface area (Å²) in [6, 6.07) is 32.2. The molecule has 14 nitrogen and oxygen atoms in total. The molecule has 3 amide bonds. The average Bonchev–Trinajstić information content (AvgIpc) is 4.17. The lowest BCUT2D eigenvalue weighted by atomic mass is 9.72. The van der Waals surface area contributed by atoms with Gasteiger partial charge in [-0.3, -0.25) is 14.4 Å². The van der Waals surface area contributed by atoms with Gasteiger partial charge >= 0.3 is 0 Å². The Kier molecular flexibility index (Phi) is 8.65. The van der Waals surface area contributed by atoms with Gasteiger partial charge in [-0.1, -0.05) is 105 Å². The molecule has 5 aromatic carbocycles. The van der Waals surface area contributed by atoms with Crippen molar-refractivity contribution in [2.24, 2.45) is 5.92 Å². The number of benzene rings is 5. The maximum atomic E-state index is 14.7. The van der Waals surface area contributed by atoms with Gasteiger partial charge in [0.05, 0.1) is 12.2 Å². The van der Waals surface area contributed by atoms with Crippen LogP contribution in [0.5, 0.6) is 5.75 Å². The van der Waals surface area contributed by atoms with E-state index in [2.05, 4.69) is 44.5 Å². The number of amides is 3. The number of para-hydroxylation sites is 1. The summed E-state index contributed by atoms with van der Waals surface area (Å²) >= 11 is 0. The number of rotatable bonds is 7. The van der Waals surface area contributed by atoms with E-state index >= 15 is 0 Å². The van der Waals surface area contributed by atoms with E-state index in [4.69, 9.17) is 23.5 Å². The maximum absolute atomic E-state index is 14.7. The second kappa shape index (κ2) is 14.5. The van der Waals surface area contributed by atoms with E-state index in [1.54, 1.807) is 66.9 Å². The number of oxazole rings is 2. The van der Waals surface area contributed by atoms with E-state index in [0.29, 0.717) is 39.7 Å². The minimum atomic E-state index is -1.79. The second-order valence-corrected chi connectivity index (χ2v) is 17.4. The van der Waals surface area contributed by atoms with Crippen molar-refractivity contribution >= 4 is 34.3 Å². The van der Waals surface area contributed by atoms with Gasteiger partial charge < -0.3 is 44.9 Å². The highest BCUT2D eigenvalue weighted by Crippen LogP contribution is 2.61. The van der Waals surface area contributed by atoms with Gasteiger partial charge in [-0.05, 0) is 46.9 Å². The van der Waals surface area contributed by atoms with Gasteiger partial charge in [0, 0.05) is 57.0 Å². The van der Waals surface area contributed by atoms with Crippen molar-refractivity contribution in [1.82, 2.24) is 30.9 Å². The van der Waals surface area contributed by atoms with Gasteiger partial charge in [0.25, 0.3) is 11.8 Å². The normalized spacial score (nSPS) is 20.6. The molecule has 4 aliphatic heterocycles. The molecule has 0 saturated carbocycles. The lowest BCUT2D eigenvalue weighted by Gasteiger charge is -2.29. The van der Waals surface area contributed by atoms with Crippen LogP contribution in [0.2, 0.25) is 0 Å². The van der Waals surface area contributed by atoms with E-state index < -0.39 is 53.6 Å². The van der Waals surface area contributed by atoms with E-state index in [-0.39, 0.29) is 24.1 Å². The molecule has 14 heteroatoms. The zero-order chi connectivity index (χ0) is 44.1. The van der Waals surface area contributed by atoms with Crippen LogP contribution < -0.4 is 26.0 Å². The molecule has 3 aromatic heterocycles. The number of aliphatic hydroxyl groups is 1. The lowest BCUT2D eigenvalue weighted by molar-refractivity contribution is -0.135. The molecule has 7 heterocycles. The summed E-state index contributed by atoms with van der Waals surface area (Å²) in [5, 5.41) is 25.4. The second-order valence-electron chi connectivity index (χ2n) is 17.4. The number of fused-ring (bicyclic) bond motifs is 7. The van der Waals surface area contributed by atoms with Crippen LogP contribution in [0, 0.1) is 5.92 Å². The molecular formula is C51H41N7O7. The summed E-state index contributed by atoms with van der Waals surface area (Å²) in [5.41, 5.74) is 7.01. The van der Waals surface area contributed by atoms with Crippen LogP contribution in [0.1, 0.15) is 70.2 Å². The Labute approximate surface area is 371 Å². The minimum absolute atomic E-state index is 0.0381. The molecule has 2 unspecified atom stereocenters. The van der Waals surface area contributed by atoms with Crippen molar-refractivity contribution in [2.45, 2.75) is 56.1 Å². The molecule has 65 heavy (non-hydrogen) atoms. The lowest BCUT2D eigenvalue weighted by Crippen LogP contribution is -2.54. The Hall–Kier alpha value is -7.97. The predicted octanol–water partition coefficient (Wildman–Crippen LogP) is 7.32. The number of nitrogens with zero attached hydrogens (tertiary/aromatic N) is 2. The summed E-state index contributed by atoms with van der Waals surface area (Å²) in [6.45, 7) is 3.88. The highest BCUT2D eigenvalue weighted by atomic mass is 16.5. The van der Waals surface area contributed by atoms with Crippen LogP contribution in [0.3, 0.4) is 0 Å². The van der Waals surface area contributed by atoms with Crippen molar-refractivity contribution in [3.05, 3.63) is 167 Å². The van der Waals surface area contributed by atoms with Gasteiger partial charge in [-0.15, -0.1) is 0 Å². The van der Waals surface area contributed by atoms with Gasteiger partial charge in [0.15, 0.2) is 29.5 Å². The van der Waals surface area contributed by atoms with Gasteiger partial charge in [-0.2, -0.15) is 0 Å². The van der Waals surface area contributed by atoms with Crippen molar-refractivity contribution < 1.29 is 33.1 Å². The summed E-state index contributed by atoms with van der Waals surface area (Å²) in [7, 11) is 0. The zero-order valence-corrected chi connectivity index (χ0v) is 35.1. The van der Waals surface area contributed by atoms with Crippen molar-refractivity contribution in [2.75, 3.05) is 5.32 Å². The average molecular weight is 864 g/mol. The highest BCUT2D eigenvalue weighted by molar-refractivity contribution is 6.07. The number of anilines is 1. The number of carbonyl (C=O) groups excluding carboxylic acids is 3. The number of aliphatic hydroxyl groups excluding tert-OH is 1. The quantitative estimate of drug-likeness (QED) is 0.0945. The molecule has 6 atom stereocenters. The minimum Gasteiger partial charge on any atom is -0.469 e. The van der Waals surface area contributed by atoms with E-state index in [1.807, 2.05) is 56.4 Å². The molecule has 0 saturated heterocycles. The standard InChI is InChI=1S/C51H41N7O7/c1-25(2)39-49-57-42-44(65-49)51-32-17-9-16-30(29-15-10-18-34-38(29)31(23-52-34)37-24-53-48(42)63-37)41(32)58-50(51)64-36-20-19-26(21-33(36)51)22-35(46(61)55-39)54-47(62)43(59)40(27-11-5-3-6-12-27)56-45(60)28-13-7-4-8-14-28/h3-21,23-25,35,39-40,43,50,52,58-59H,22H2,1-2H3,(H,54,62)(H,55,61)(H,56,60)/t35-,39-,40-,43+,50?,51?/m0/s1. The first-order valence-electron chi connectivity index (χ1n) is 21.7. The van der Waals surface area contributed by atoms with Crippen molar-refractivity contribution in [3.8, 4) is 39.8 Å². The predicted molar refractivity (Wildman–Crippen MR) is 240 cm³/mol. The number of H-pyrrole nitrogens is 1. The zero-order valence-electron chi connectivity index (χ0n) is 35.1. The Morgan fingerprint density at radius 2 is 1.65 bits per heavy atom. The first kappa shape index (κ1) is 38.7. The van der Waals surface area contributed by atoms with Crippen LogP contribution in [0.25, 0.3) is 44.9 Å². The fourth-order valence-electron chi connectivity index (χ4n) is 10.1. The molecule has 0 fully saturated rings. The third-order valence-electron chi connectivity index (χ3n) is 13.2. The molecule has 322 valence electrons. The molecule has 4 aliphatic rings. The Morgan fingerprint density at radius 1 is 0.862 bits per heavy atom. The molecule has 8 aromatic rings. The molecular weight excluding hydrogens is 823 g/mol. The summed E-state index contributed by atoms with van der Waals surface area (Å²) in [4.78, 5) is 55.9. The van der Waals surface area contributed by atoms with Gasteiger partial charge in [-0.25, -0.2) is 9.97 Å². The van der Waals surface area contributed by atoms with Crippen molar-refractivity contribution in [1.29, 1.82) is 0 Å². The molecule has 1 spiro atoms. The van der Waals surface area contributed by atoms with Crippen LogP contribution in [-0.2, 0) is 21.4 Å². The molecule has 0 aliphatic carbocycles. The Morgan fingerprint density at radius 3 is 2.46 bits per heavy atom. The summed E-state index contributed by atoms with van der Waals surface area (Å²) in [5.74, 6) is -0.101. The SMILES string of the molecule is CC(C)[C@@H]1NC(=O)[C@@H](NC(=O)[C@H](O)[C@@H](NC(=O)c2ccccc2)c2ccccc2)Cc2ccc3c(c2)C24c5cccc(c5NC2O3)-c2cccc3[nH]cc(c23)-c2cnc(o2)-c2nc1oc24. The highest BCUT2D eigenvalue weighted by Gasteiger charge is 2.61. The number of hydrogen-bond donors (Lipinski definition) is 6. The van der Waals surface area contributed by atoms with Crippen LogP contribution in [0.15, 0.2) is 136 Å². The maximum Gasteiger partial charge on any atom is 0.252 e. The topological polar surface area (TPSA) is 197 Å². The number of hydrogen-bond acceptors (Lipinski definition) is 10. The Balaban J connectivity index is 1.00. The van der Waals surface area contributed by atoms with Crippen LogP contribution in [0.4, 0.5) is 5.69 Å². The van der Waals surface area contributed by atoms with Crippen LogP contribution in [-0.4, -0.2) is 56.2 Å². The molecule has 12 rings (SSSR count). The number of aromatic nitrogens is 3. The number of aromatic amines is 1. The number of ether oxygens (including phenoxy) is 1. The monoisotopic (exact) mass is 863 g/mol. The number of nitrogens with one attached hydrogen (secondary N) is 5. The molecule has 6 N–H and O–H groups in total. The van der Waals surface area contributed by atoms with E-state index in [9.17, 15) is 19.5 Å².